The summed E-state index contributed by atoms with van der Waals surface area (Å²) in [5.41, 5.74) is 0.773. The standard InChI is InChI=1S/C19H23N3O5/c1-2-27-17(23)13-26-12-15-7-9-22(10-8-15)19(25)21-18(24)16-5-3-14(11-20)4-6-16/h3-6,15H,2,7-10,12-13H2,1H3,(H,21,24,25). The molecular formula is C19H23N3O5. The van der Waals surface area contributed by atoms with Gasteiger partial charge in [0.2, 0.25) is 0 Å². The summed E-state index contributed by atoms with van der Waals surface area (Å²) < 4.78 is 10.1. The summed E-state index contributed by atoms with van der Waals surface area (Å²) in [5.74, 6) is -0.613. The van der Waals surface area contributed by atoms with E-state index in [9.17, 15) is 14.4 Å². The van der Waals surface area contributed by atoms with Crippen LogP contribution in [-0.2, 0) is 14.3 Å². The second-order valence-electron chi connectivity index (χ2n) is 6.20. The highest BCUT2D eigenvalue weighted by molar-refractivity contribution is 6.04. The number of ether oxygens (including phenoxy) is 2. The molecule has 2 rings (SSSR count). The number of carbonyl (C=O) groups excluding carboxylic acids is 3. The van der Waals surface area contributed by atoms with E-state index in [-0.39, 0.29) is 18.5 Å². The Labute approximate surface area is 158 Å². The molecule has 1 heterocycles. The minimum atomic E-state index is -0.496. The SMILES string of the molecule is CCOC(=O)COCC1CCN(C(=O)NC(=O)c2ccc(C#N)cc2)CC1. The largest absolute Gasteiger partial charge is 0.464 e. The molecule has 0 radical (unpaired) electrons. The van der Waals surface area contributed by atoms with E-state index in [0.29, 0.717) is 37.4 Å². The number of nitrogens with one attached hydrogen (secondary N) is 1. The van der Waals surface area contributed by atoms with Crippen molar-refractivity contribution in [3.63, 3.8) is 0 Å². The van der Waals surface area contributed by atoms with Crippen LogP contribution in [0.25, 0.3) is 0 Å². The van der Waals surface area contributed by atoms with Crippen molar-refractivity contribution in [2.45, 2.75) is 19.8 Å². The lowest BCUT2D eigenvalue weighted by atomic mass is 9.98. The number of benzene rings is 1. The predicted octanol–water partition coefficient (Wildman–Crippen LogP) is 1.70. The first kappa shape index (κ1) is 20.4. The molecule has 1 aliphatic rings. The fraction of sp³-hybridized carbons (Fsp3) is 0.474. The maximum absolute atomic E-state index is 12.2. The van der Waals surface area contributed by atoms with Crippen LogP contribution in [0.2, 0.25) is 0 Å². The molecule has 1 fully saturated rings. The maximum Gasteiger partial charge on any atom is 0.332 e. The first-order valence-electron chi connectivity index (χ1n) is 8.87. The van der Waals surface area contributed by atoms with Gasteiger partial charge in [-0.25, -0.2) is 9.59 Å². The number of likely N-dealkylation sites (tertiary alicyclic amines) is 1. The molecule has 0 bridgehead atoms. The van der Waals surface area contributed by atoms with E-state index in [4.69, 9.17) is 14.7 Å². The highest BCUT2D eigenvalue weighted by Gasteiger charge is 2.24. The van der Waals surface area contributed by atoms with Crippen LogP contribution in [0.3, 0.4) is 0 Å². The average Bonchev–Trinajstić information content (AvgIpc) is 2.68. The number of piperidine rings is 1. The zero-order valence-electron chi connectivity index (χ0n) is 15.3. The number of nitrogens with zero attached hydrogens (tertiary/aromatic N) is 2. The highest BCUT2D eigenvalue weighted by Crippen LogP contribution is 2.17. The lowest BCUT2D eigenvalue weighted by Crippen LogP contribution is -2.46. The van der Waals surface area contributed by atoms with Crippen molar-refractivity contribution in [3.8, 4) is 6.07 Å². The van der Waals surface area contributed by atoms with Crippen LogP contribution in [-0.4, -0.2) is 55.7 Å². The molecule has 0 spiro atoms. The molecule has 3 amide bonds. The number of rotatable bonds is 6. The predicted molar refractivity (Wildman–Crippen MR) is 95.8 cm³/mol. The first-order valence-corrected chi connectivity index (χ1v) is 8.87. The Morgan fingerprint density at radius 1 is 1.22 bits per heavy atom. The zero-order valence-corrected chi connectivity index (χ0v) is 15.3. The lowest BCUT2D eigenvalue weighted by molar-refractivity contribution is -0.149. The van der Waals surface area contributed by atoms with Crippen LogP contribution in [0.4, 0.5) is 4.79 Å². The van der Waals surface area contributed by atoms with Crippen molar-refractivity contribution in [1.82, 2.24) is 10.2 Å². The molecule has 27 heavy (non-hydrogen) atoms. The Morgan fingerprint density at radius 2 is 1.89 bits per heavy atom. The van der Waals surface area contributed by atoms with Gasteiger partial charge in [0.05, 0.1) is 24.8 Å². The van der Waals surface area contributed by atoms with Crippen LogP contribution in [0.1, 0.15) is 35.7 Å². The third-order valence-corrected chi connectivity index (χ3v) is 4.28. The summed E-state index contributed by atoms with van der Waals surface area (Å²) in [6.45, 7) is 3.48. The number of esters is 1. The molecule has 1 aliphatic heterocycles. The van der Waals surface area contributed by atoms with Crippen molar-refractivity contribution in [1.29, 1.82) is 5.26 Å². The molecule has 1 aromatic rings. The smallest absolute Gasteiger partial charge is 0.332 e. The van der Waals surface area contributed by atoms with Crippen molar-refractivity contribution in [2.75, 3.05) is 32.9 Å². The van der Waals surface area contributed by atoms with Crippen LogP contribution in [0, 0.1) is 17.2 Å². The average molecular weight is 373 g/mol. The Kier molecular flexibility index (Phi) is 7.77. The number of nitriles is 1. The van der Waals surface area contributed by atoms with E-state index >= 15 is 0 Å². The van der Waals surface area contributed by atoms with Crippen LogP contribution in [0.15, 0.2) is 24.3 Å². The van der Waals surface area contributed by atoms with Gasteiger partial charge in [0.1, 0.15) is 6.61 Å². The third-order valence-electron chi connectivity index (χ3n) is 4.28. The maximum atomic E-state index is 12.2. The Morgan fingerprint density at radius 3 is 2.48 bits per heavy atom. The molecule has 8 heteroatoms. The van der Waals surface area contributed by atoms with Gasteiger partial charge in [0.25, 0.3) is 5.91 Å². The molecule has 0 saturated carbocycles. The number of urea groups is 1. The molecule has 1 N–H and O–H groups in total. The third kappa shape index (κ3) is 6.38. The van der Waals surface area contributed by atoms with Gasteiger partial charge in [-0.2, -0.15) is 5.26 Å². The van der Waals surface area contributed by atoms with Gasteiger partial charge in [-0.1, -0.05) is 0 Å². The van der Waals surface area contributed by atoms with Gasteiger partial charge in [-0.15, -0.1) is 0 Å². The Bertz CT molecular complexity index is 703. The van der Waals surface area contributed by atoms with E-state index in [1.54, 1.807) is 11.8 Å². The molecule has 0 aromatic heterocycles. The normalized spacial score (nSPS) is 14.3. The van der Waals surface area contributed by atoms with Gasteiger partial charge in [0.15, 0.2) is 0 Å². The molecule has 0 aliphatic carbocycles. The number of amides is 3. The van der Waals surface area contributed by atoms with E-state index in [1.165, 1.54) is 24.3 Å². The summed E-state index contributed by atoms with van der Waals surface area (Å²) >= 11 is 0. The molecule has 8 nitrogen and oxygen atoms in total. The molecular weight excluding hydrogens is 350 g/mol. The Balaban J connectivity index is 1.72. The zero-order chi connectivity index (χ0) is 19.6. The van der Waals surface area contributed by atoms with Crippen molar-refractivity contribution in [3.05, 3.63) is 35.4 Å². The Hall–Kier alpha value is -2.92. The molecule has 1 saturated heterocycles. The highest BCUT2D eigenvalue weighted by atomic mass is 16.6. The monoisotopic (exact) mass is 373 g/mol. The fourth-order valence-electron chi connectivity index (χ4n) is 2.76. The van der Waals surface area contributed by atoms with Gasteiger partial charge < -0.3 is 14.4 Å². The van der Waals surface area contributed by atoms with Crippen molar-refractivity contribution < 1.29 is 23.9 Å². The minimum absolute atomic E-state index is 0.0619. The van der Waals surface area contributed by atoms with E-state index < -0.39 is 11.9 Å². The van der Waals surface area contributed by atoms with Gasteiger partial charge in [-0.05, 0) is 49.9 Å². The number of hydrogen-bond donors (Lipinski definition) is 1. The van der Waals surface area contributed by atoms with Crippen molar-refractivity contribution >= 4 is 17.9 Å². The second-order valence-corrected chi connectivity index (χ2v) is 6.20. The summed E-state index contributed by atoms with van der Waals surface area (Å²) in [4.78, 5) is 37.2. The summed E-state index contributed by atoms with van der Waals surface area (Å²) in [5, 5.41) is 11.1. The minimum Gasteiger partial charge on any atom is -0.464 e. The van der Waals surface area contributed by atoms with Gasteiger partial charge in [-0.3, -0.25) is 10.1 Å². The summed E-state index contributed by atoms with van der Waals surface area (Å²) in [6, 6.07) is 7.61. The topological polar surface area (TPSA) is 109 Å². The summed E-state index contributed by atoms with van der Waals surface area (Å²) in [7, 11) is 0. The fourth-order valence-corrected chi connectivity index (χ4v) is 2.76. The first-order chi connectivity index (χ1) is 13.0. The number of carbonyl (C=O) groups is 3. The lowest BCUT2D eigenvalue weighted by Gasteiger charge is -2.31. The van der Waals surface area contributed by atoms with Crippen LogP contribution in [0.5, 0.6) is 0 Å². The van der Waals surface area contributed by atoms with Crippen LogP contribution >= 0.6 is 0 Å². The molecule has 144 valence electrons. The summed E-state index contributed by atoms with van der Waals surface area (Å²) in [6.07, 6.45) is 1.47. The van der Waals surface area contributed by atoms with Crippen molar-refractivity contribution in [2.24, 2.45) is 5.92 Å². The van der Waals surface area contributed by atoms with Gasteiger partial charge in [0, 0.05) is 18.7 Å². The quantitative estimate of drug-likeness (QED) is 0.760. The number of hydrogen-bond acceptors (Lipinski definition) is 6. The van der Waals surface area contributed by atoms with Gasteiger partial charge >= 0.3 is 12.0 Å². The number of imide groups is 1. The van der Waals surface area contributed by atoms with E-state index in [1.807, 2.05) is 6.07 Å². The second kappa shape index (κ2) is 10.3. The van der Waals surface area contributed by atoms with E-state index in [2.05, 4.69) is 5.32 Å². The van der Waals surface area contributed by atoms with Crippen LogP contribution < -0.4 is 5.32 Å². The van der Waals surface area contributed by atoms with E-state index in [0.717, 1.165) is 12.8 Å². The molecule has 1 aromatic carbocycles. The molecule has 0 unspecified atom stereocenters. The molecule has 0 atom stereocenters.